The van der Waals surface area contributed by atoms with Crippen LogP contribution < -0.4 is 16.1 Å². The van der Waals surface area contributed by atoms with Gasteiger partial charge in [0.1, 0.15) is 11.5 Å². The molecule has 1 aromatic carbocycles. The molecule has 0 aliphatic heterocycles. The first-order chi connectivity index (χ1) is 12.9. The van der Waals surface area contributed by atoms with Crippen LogP contribution in [-0.4, -0.2) is 26.9 Å². The smallest absolute Gasteiger partial charge is 0.431 e. The van der Waals surface area contributed by atoms with Crippen molar-refractivity contribution >= 4 is 23.4 Å². The molecule has 12 heteroatoms. The van der Waals surface area contributed by atoms with Gasteiger partial charge in [0.25, 0.3) is 5.56 Å². The predicted molar refractivity (Wildman–Crippen MR) is 92.8 cm³/mol. The molecule has 28 heavy (non-hydrogen) atoms. The average molecular weight is 422 g/mol. The van der Waals surface area contributed by atoms with Crippen LogP contribution >= 0.6 is 11.6 Å². The highest BCUT2D eigenvalue weighted by Crippen LogP contribution is 2.31. The van der Waals surface area contributed by atoms with E-state index in [1.165, 1.54) is 6.08 Å². The van der Waals surface area contributed by atoms with Gasteiger partial charge in [-0.1, -0.05) is 17.7 Å². The van der Waals surface area contributed by atoms with Crippen LogP contribution in [0, 0.1) is 5.82 Å². The van der Waals surface area contributed by atoms with E-state index in [4.69, 9.17) is 11.6 Å². The molecule has 2 rings (SSSR count). The van der Waals surface area contributed by atoms with Crippen LogP contribution in [0.2, 0.25) is 5.02 Å². The maximum atomic E-state index is 14.4. The Labute approximate surface area is 159 Å². The second-order valence-electron chi connectivity index (χ2n) is 5.48. The van der Waals surface area contributed by atoms with Crippen LogP contribution in [0.1, 0.15) is 5.69 Å². The number of amides is 1. The van der Waals surface area contributed by atoms with E-state index in [2.05, 4.69) is 6.58 Å². The summed E-state index contributed by atoms with van der Waals surface area (Å²) in [7, 11) is 0.761. The summed E-state index contributed by atoms with van der Waals surface area (Å²) in [6.07, 6.45) is -5.27. The first-order valence-corrected chi connectivity index (χ1v) is 7.79. The molecule has 0 aliphatic carbocycles. The fourth-order valence-corrected chi connectivity index (χ4v) is 2.69. The Morgan fingerprint density at radius 2 is 1.93 bits per heavy atom. The van der Waals surface area contributed by atoms with Crippen LogP contribution in [-0.2, 0) is 13.2 Å². The Kier molecular flexibility index (Phi) is 5.69. The van der Waals surface area contributed by atoms with Crippen molar-refractivity contribution in [2.75, 3.05) is 11.4 Å². The first kappa shape index (κ1) is 21.2. The zero-order chi connectivity index (χ0) is 21.4. The molecular weight excluding hydrogens is 410 g/mol. The van der Waals surface area contributed by atoms with Gasteiger partial charge in [-0.15, -0.1) is 6.58 Å². The van der Waals surface area contributed by atoms with Gasteiger partial charge in [0.05, 0.1) is 16.4 Å². The molecule has 0 spiro atoms. The molecule has 2 aromatic rings. The number of rotatable bonds is 4. The van der Waals surface area contributed by atoms with Gasteiger partial charge in [0.2, 0.25) is 0 Å². The molecule has 1 heterocycles. The molecule has 7 nitrogen and oxygen atoms in total. The third kappa shape index (κ3) is 3.79. The summed E-state index contributed by atoms with van der Waals surface area (Å²) in [5.41, 5.74) is -5.49. The number of hydrogen-bond donors (Lipinski definition) is 1. The largest absolute Gasteiger partial charge is 0.465 e. The van der Waals surface area contributed by atoms with E-state index in [1.807, 2.05) is 0 Å². The average Bonchev–Trinajstić information content (AvgIpc) is 2.57. The minimum atomic E-state index is -4.99. The lowest BCUT2D eigenvalue weighted by molar-refractivity contribution is -0.144. The van der Waals surface area contributed by atoms with Crippen LogP contribution in [0.3, 0.4) is 0 Å². The lowest BCUT2D eigenvalue weighted by Crippen LogP contribution is -2.41. The van der Waals surface area contributed by atoms with Gasteiger partial charge < -0.3 is 5.11 Å². The topological polar surface area (TPSA) is 84.5 Å². The number of alkyl halides is 3. The maximum Gasteiger partial charge on any atom is 0.431 e. The van der Waals surface area contributed by atoms with E-state index in [9.17, 15) is 37.1 Å². The van der Waals surface area contributed by atoms with Crippen molar-refractivity contribution in [1.82, 2.24) is 9.13 Å². The Bertz CT molecular complexity index is 1080. The summed E-state index contributed by atoms with van der Waals surface area (Å²) >= 11 is 5.86. The van der Waals surface area contributed by atoms with Crippen molar-refractivity contribution < 1.29 is 27.5 Å². The summed E-state index contributed by atoms with van der Waals surface area (Å²) in [5.74, 6) is -1.21. The standard InChI is InChI=1S/C16H12ClF4N3O4/c1-3-4-23(15(27)28)10-6-11(9(18)5-8(10)17)24-13(25)7-12(16(19,20)21)22(2)14(24)26/h3,5-7H,1,4H2,2H3,(H,27,28). The number of nitrogens with zero attached hydrogens (tertiary/aromatic N) is 3. The number of anilines is 1. The van der Waals surface area contributed by atoms with Crippen molar-refractivity contribution in [3.05, 3.63) is 68.2 Å². The summed E-state index contributed by atoms with van der Waals surface area (Å²) in [5, 5.41) is 8.90. The maximum absolute atomic E-state index is 14.4. The fourth-order valence-electron chi connectivity index (χ4n) is 2.43. The predicted octanol–water partition coefficient (Wildman–Crippen LogP) is 3.02. The lowest BCUT2D eigenvalue weighted by Gasteiger charge is -2.20. The Hall–Kier alpha value is -3.08. The molecule has 0 saturated carbocycles. The number of halogens is 5. The third-order valence-electron chi connectivity index (χ3n) is 3.70. The summed E-state index contributed by atoms with van der Waals surface area (Å²) in [6, 6.07) is 1.56. The van der Waals surface area contributed by atoms with Crippen LogP contribution in [0.4, 0.5) is 28.0 Å². The molecule has 0 radical (unpaired) electrons. The molecule has 1 aromatic heterocycles. The number of carbonyl (C=O) groups is 1. The van der Waals surface area contributed by atoms with Crippen LogP contribution in [0.25, 0.3) is 5.69 Å². The summed E-state index contributed by atoms with van der Waals surface area (Å²) < 4.78 is 53.5. The van der Waals surface area contributed by atoms with E-state index < -0.39 is 40.7 Å². The zero-order valence-corrected chi connectivity index (χ0v) is 14.9. The molecule has 1 amide bonds. The minimum absolute atomic E-state index is 0.133. The quantitative estimate of drug-likeness (QED) is 0.607. The molecule has 0 fully saturated rings. The molecule has 0 unspecified atom stereocenters. The highest BCUT2D eigenvalue weighted by Gasteiger charge is 2.35. The van der Waals surface area contributed by atoms with Crippen LogP contribution in [0.15, 0.2) is 40.4 Å². The second kappa shape index (κ2) is 7.50. The van der Waals surface area contributed by atoms with Crippen molar-refractivity contribution in [2.45, 2.75) is 6.18 Å². The van der Waals surface area contributed by atoms with E-state index in [0.29, 0.717) is 11.0 Å². The van der Waals surface area contributed by atoms with Crippen molar-refractivity contribution in [3.63, 3.8) is 0 Å². The van der Waals surface area contributed by atoms with Gasteiger partial charge >= 0.3 is 18.0 Å². The van der Waals surface area contributed by atoms with Gasteiger partial charge in [0.15, 0.2) is 0 Å². The van der Waals surface area contributed by atoms with Crippen molar-refractivity contribution in [3.8, 4) is 5.69 Å². The highest BCUT2D eigenvalue weighted by molar-refractivity contribution is 6.33. The molecule has 150 valence electrons. The van der Waals surface area contributed by atoms with Gasteiger partial charge in [-0.05, 0) is 12.1 Å². The number of benzene rings is 1. The Morgan fingerprint density at radius 3 is 2.43 bits per heavy atom. The van der Waals surface area contributed by atoms with Crippen LogP contribution in [0.5, 0.6) is 0 Å². The molecule has 0 atom stereocenters. The van der Waals surface area contributed by atoms with E-state index in [1.54, 1.807) is 0 Å². The SMILES string of the molecule is C=CCN(C(=O)O)c1cc(-n2c(=O)cc(C(F)(F)F)n(C)c2=O)c(F)cc1Cl. The third-order valence-corrected chi connectivity index (χ3v) is 4.00. The van der Waals surface area contributed by atoms with Crippen molar-refractivity contribution in [2.24, 2.45) is 7.05 Å². The molecule has 1 N–H and O–H groups in total. The minimum Gasteiger partial charge on any atom is -0.465 e. The summed E-state index contributed by atoms with van der Waals surface area (Å²) in [4.78, 5) is 36.5. The Balaban J connectivity index is 2.83. The van der Waals surface area contributed by atoms with Crippen molar-refractivity contribution in [1.29, 1.82) is 0 Å². The molecule has 0 aliphatic rings. The van der Waals surface area contributed by atoms with Gasteiger partial charge in [-0.2, -0.15) is 13.2 Å². The van der Waals surface area contributed by atoms with Gasteiger partial charge in [-0.3, -0.25) is 14.3 Å². The Morgan fingerprint density at radius 1 is 1.32 bits per heavy atom. The monoisotopic (exact) mass is 421 g/mol. The molecule has 0 saturated heterocycles. The normalized spacial score (nSPS) is 11.4. The molecule has 0 bridgehead atoms. The zero-order valence-electron chi connectivity index (χ0n) is 14.1. The lowest BCUT2D eigenvalue weighted by atomic mass is 10.2. The van der Waals surface area contributed by atoms with Gasteiger partial charge in [0, 0.05) is 19.7 Å². The second-order valence-corrected chi connectivity index (χ2v) is 5.89. The number of hydrogen-bond acceptors (Lipinski definition) is 3. The first-order valence-electron chi connectivity index (χ1n) is 7.41. The fraction of sp³-hybridized carbons (Fsp3) is 0.188. The summed E-state index contributed by atoms with van der Waals surface area (Å²) in [6.45, 7) is 3.11. The highest BCUT2D eigenvalue weighted by atomic mass is 35.5. The number of carboxylic acid groups (broad SMARTS) is 1. The van der Waals surface area contributed by atoms with E-state index >= 15 is 0 Å². The van der Waals surface area contributed by atoms with Gasteiger partial charge in [-0.25, -0.2) is 18.5 Å². The number of aromatic nitrogens is 2. The molecular formula is C16H12ClF4N3O4. The van der Waals surface area contributed by atoms with E-state index in [0.717, 1.165) is 13.1 Å². The van der Waals surface area contributed by atoms with E-state index in [-0.39, 0.29) is 32.5 Å².